The Kier molecular flexibility index (Phi) is 7.44. The van der Waals surface area contributed by atoms with E-state index in [1.165, 1.54) is 14.2 Å². The molecule has 4 aromatic rings. The normalized spacial score (nSPS) is 10.7. The molecule has 0 saturated carbocycles. The Bertz CT molecular complexity index is 1440. The Morgan fingerprint density at radius 2 is 1.56 bits per heavy atom. The second kappa shape index (κ2) is 10.9. The molecule has 0 bridgehead atoms. The van der Waals surface area contributed by atoms with Gasteiger partial charge in [-0.05, 0) is 54.4 Å². The topological polar surface area (TPSA) is 93.4 Å². The highest BCUT2D eigenvalue weighted by molar-refractivity contribution is 5.98. The maximum absolute atomic E-state index is 13.6. The van der Waals surface area contributed by atoms with Crippen LogP contribution < -0.4 is 24.4 Å². The summed E-state index contributed by atoms with van der Waals surface area (Å²) in [6.45, 7) is 2.10. The summed E-state index contributed by atoms with van der Waals surface area (Å²) >= 11 is 0. The van der Waals surface area contributed by atoms with Crippen LogP contribution in [0.4, 0.5) is 0 Å². The zero-order valence-electron chi connectivity index (χ0n) is 20.5. The predicted molar refractivity (Wildman–Crippen MR) is 134 cm³/mol. The smallest absolute Gasteiger partial charge is 0.375 e. The molecule has 0 spiro atoms. The molecule has 0 aliphatic rings. The van der Waals surface area contributed by atoms with Crippen LogP contribution in [-0.4, -0.2) is 33.9 Å². The molecule has 0 amide bonds. The van der Waals surface area contributed by atoms with Gasteiger partial charge < -0.3 is 28.1 Å². The van der Waals surface area contributed by atoms with E-state index in [9.17, 15) is 9.59 Å². The summed E-state index contributed by atoms with van der Waals surface area (Å²) in [7, 11) is 4.61. The lowest BCUT2D eigenvalue weighted by Crippen LogP contribution is -2.15. The van der Waals surface area contributed by atoms with Crippen LogP contribution in [0.5, 0.6) is 23.0 Å². The first kappa shape index (κ1) is 24.7. The number of hydrogen-bond donors (Lipinski definition) is 0. The van der Waals surface area contributed by atoms with Crippen LogP contribution in [0, 0.1) is 0 Å². The number of fused-ring (bicyclic) bond motifs is 1. The van der Waals surface area contributed by atoms with Gasteiger partial charge in [0.05, 0.1) is 38.9 Å². The predicted octanol–water partition coefficient (Wildman–Crippen LogP) is 5.24. The van der Waals surface area contributed by atoms with Crippen molar-refractivity contribution < 1.29 is 32.9 Å². The summed E-state index contributed by atoms with van der Waals surface area (Å²) in [5.74, 6) is 1.19. The molecule has 1 heterocycles. The Balaban J connectivity index is 1.76. The number of carbonyl (C=O) groups is 1. The van der Waals surface area contributed by atoms with E-state index in [1.807, 2.05) is 24.3 Å². The highest BCUT2D eigenvalue weighted by atomic mass is 16.5. The first-order chi connectivity index (χ1) is 17.5. The van der Waals surface area contributed by atoms with E-state index in [2.05, 4.69) is 0 Å². The second-order valence-corrected chi connectivity index (χ2v) is 7.72. The molecule has 8 nitrogen and oxygen atoms in total. The van der Waals surface area contributed by atoms with Crippen LogP contribution >= 0.6 is 0 Å². The number of esters is 1. The van der Waals surface area contributed by atoms with Gasteiger partial charge in [-0.25, -0.2) is 4.79 Å². The molecule has 0 radical (unpaired) electrons. The molecule has 0 fully saturated rings. The van der Waals surface area contributed by atoms with Gasteiger partial charge in [0.15, 0.2) is 11.5 Å². The van der Waals surface area contributed by atoms with E-state index in [4.69, 9.17) is 28.1 Å². The van der Waals surface area contributed by atoms with Crippen molar-refractivity contribution in [2.24, 2.45) is 0 Å². The van der Waals surface area contributed by atoms with Crippen LogP contribution in [0.3, 0.4) is 0 Å². The van der Waals surface area contributed by atoms with Gasteiger partial charge in [-0.3, -0.25) is 4.79 Å². The van der Waals surface area contributed by atoms with Crippen molar-refractivity contribution >= 4 is 16.9 Å². The van der Waals surface area contributed by atoms with Gasteiger partial charge in [-0.1, -0.05) is 18.2 Å². The highest BCUT2D eigenvalue weighted by Crippen LogP contribution is 2.34. The summed E-state index contributed by atoms with van der Waals surface area (Å²) in [5, 5.41) is 0.296. The van der Waals surface area contributed by atoms with Gasteiger partial charge in [0.2, 0.25) is 11.2 Å². The fourth-order valence-corrected chi connectivity index (χ4v) is 3.75. The standard InChI is InChI=1S/C28H26O8/c1-5-34-28(30)27-25(18-8-13-22(32-3)24(14-18)33-4)26(29)21-12-11-20(15-23(21)36-27)35-16-17-6-9-19(31-2)10-7-17/h6-15H,5,16H2,1-4H3. The molecule has 0 aliphatic carbocycles. The van der Waals surface area contributed by atoms with Gasteiger partial charge in [0, 0.05) is 6.07 Å². The van der Waals surface area contributed by atoms with Crippen LogP contribution in [0.15, 0.2) is 69.9 Å². The lowest BCUT2D eigenvalue weighted by molar-refractivity contribution is 0.0492. The maximum atomic E-state index is 13.6. The molecular formula is C28H26O8. The number of methoxy groups -OCH3 is 3. The summed E-state index contributed by atoms with van der Waals surface area (Å²) in [4.78, 5) is 26.4. The average molecular weight is 491 g/mol. The Morgan fingerprint density at radius 1 is 0.833 bits per heavy atom. The van der Waals surface area contributed by atoms with Gasteiger partial charge in [0.25, 0.3) is 0 Å². The largest absolute Gasteiger partial charge is 0.497 e. The summed E-state index contributed by atoms with van der Waals surface area (Å²) in [6.07, 6.45) is 0. The molecule has 0 saturated heterocycles. The molecule has 186 valence electrons. The van der Waals surface area contributed by atoms with E-state index in [0.717, 1.165) is 11.3 Å². The monoisotopic (exact) mass is 490 g/mol. The van der Waals surface area contributed by atoms with Crippen molar-refractivity contribution in [2.45, 2.75) is 13.5 Å². The zero-order valence-corrected chi connectivity index (χ0v) is 20.5. The number of carbonyl (C=O) groups excluding carboxylic acids is 1. The van der Waals surface area contributed by atoms with Crippen LogP contribution in [0.1, 0.15) is 23.0 Å². The van der Waals surface area contributed by atoms with Crippen LogP contribution in [0.2, 0.25) is 0 Å². The highest BCUT2D eigenvalue weighted by Gasteiger charge is 2.24. The van der Waals surface area contributed by atoms with E-state index in [0.29, 0.717) is 34.8 Å². The third-order valence-corrected chi connectivity index (χ3v) is 5.56. The molecule has 3 aromatic carbocycles. The third kappa shape index (κ3) is 4.98. The SMILES string of the molecule is CCOC(=O)c1oc2cc(OCc3ccc(OC)cc3)ccc2c(=O)c1-c1ccc(OC)c(OC)c1. The minimum absolute atomic E-state index is 0.0776. The molecule has 36 heavy (non-hydrogen) atoms. The Hall–Kier alpha value is -4.46. The molecule has 8 heteroatoms. The molecular weight excluding hydrogens is 464 g/mol. The summed E-state index contributed by atoms with van der Waals surface area (Å²) in [6, 6.07) is 17.3. The van der Waals surface area contributed by atoms with E-state index in [-0.39, 0.29) is 28.9 Å². The van der Waals surface area contributed by atoms with Crippen LogP contribution in [-0.2, 0) is 11.3 Å². The van der Waals surface area contributed by atoms with Crippen molar-refractivity contribution in [1.82, 2.24) is 0 Å². The van der Waals surface area contributed by atoms with E-state index in [1.54, 1.807) is 50.4 Å². The van der Waals surface area contributed by atoms with E-state index < -0.39 is 5.97 Å². The first-order valence-electron chi connectivity index (χ1n) is 11.2. The molecule has 0 aliphatic heterocycles. The molecule has 0 unspecified atom stereocenters. The molecule has 0 atom stereocenters. The lowest BCUT2D eigenvalue weighted by atomic mass is 10.0. The third-order valence-electron chi connectivity index (χ3n) is 5.56. The van der Waals surface area contributed by atoms with Crippen molar-refractivity contribution in [3.05, 3.63) is 82.2 Å². The molecule has 4 rings (SSSR count). The van der Waals surface area contributed by atoms with Crippen molar-refractivity contribution in [3.63, 3.8) is 0 Å². The molecule has 1 aromatic heterocycles. The molecule has 0 N–H and O–H groups in total. The van der Waals surface area contributed by atoms with Gasteiger partial charge in [-0.2, -0.15) is 0 Å². The fourth-order valence-electron chi connectivity index (χ4n) is 3.75. The van der Waals surface area contributed by atoms with Crippen molar-refractivity contribution in [1.29, 1.82) is 0 Å². The van der Waals surface area contributed by atoms with Crippen molar-refractivity contribution in [3.8, 4) is 34.1 Å². The lowest BCUT2D eigenvalue weighted by Gasteiger charge is -2.13. The first-order valence-corrected chi connectivity index (χ1v) is 11.2. The fraction of sp³-hybridized carbons (Fsp3) is 0.214. The number of hydrogen-bond acceptors (Lipinski definition) is 8. The summed E-state index contributed by atoms with van der Waals surface area (Å²) < 4.78 is 32.8. The average Bonchev–Trinajstić information content (AvgIpc) is 2.91. The Morgan fingerprint density at radius 3 is 2.22 bits per heavy atom. The quantitative estimate of drug-likeness (QED) is 0.294. The van der Waals surface area contributed by atoms with Crippen molar-refractivity contribution in [2.75, 3.05) is 27.9 Å². The van der Waals surface area contributed by atoms with Gasteiger partial charge >= 0.3 is 5.97 Å². The Labute approximate surface area is 207 Å². The minimum Gasteiger partial charge on any atom is -0.497 e. The minimum atomic E-state index is -0.745. The van der Waals surface area contributed by atoms with Gasteiger partial charge in [0.1, 0.15) is 23.7 Å². The van der Waals surface area contributed by atoms with E-state index >= 15 is 0 Å². The number of rotatable bonds is 9. The summed E-state index contributed by atoms with van der Waals surface area (Å²) in [5.41, 5.74) is 1.28. The number of ether oxygens (including phenoxy) is 5. The van der Waals surface area contributed by atoms with Gasteiger partial charge in [-0.15, -0.1) is 0 Å². The number of benzene rings is 3. The maximum Gasteiger partial charge on any atom is 0.375 e. The zero-order chi connectivity index (χ0) is 25.7. The second-order valence-electron chi connectivity index (χ2n) is 7.72. The van der Waals surface area contributed by atoms with Crippen LogP contribution in [0.25, 0.3) is 22.1 Å².